The SMILES string of the molecule is O=C(Cn1cc(S(=O)(=O)N2CCCC2)ccc1=O)N1N=C(c2cccs2)CC1c1ccco1. The average Bonchev–Trinajstić information content (AvgIpc) is 3.61. The lowest BCUT2D eigenvalue weighted by molar-refractivity contribution is -0.134. The lowest BCUT2D eigenvalue weighted by Crippen LogP contribution is -2.34. The smallest absolute Gasteiger partial charge is 0.263 e. The van der Waals surface area contributed by atoms with Gasteiger partial charge in [-0.2, -0.15) is 9.41 Å². The van der Waals surface area contributed by atoms with Crippen LogP contribution in [0.15, 0.2) is 73.4 Å². The Kier molecular flexibility index (Phi) is 5.77. The van der Waals surface area contributed by atoms with E-state index in [1.165, 1.54) is 45.2 Å². The number of carbonyl (C=O) groups is 1. The minimum atomic E-state index is -3.71. The van der Waals surface area contributed by atoms with Crippen LogP contribution < -0.4 is 5.56 Å². The fraction of sp³-hybridized carbons (Fsp3) is 0.318. The van der Waals surface area contributed by atoms with E-state index in [2.05, 4.69) is 5.10 Å². The van der Waals surface area contributed by atoms with Crippen LogP contribution in [0.4, 0.5) is 0 Å². The van der Waals surface area contributed by atoms with Crippen molar-refractivity contribution in [2.24, 2.45) is 5.10 Å². The number of aromatic nitrogens is 1. The maximum Gasteiger partial charge on any atom is 0.263 e. The van der Waals surface area contributed by atoms with Gasteiger partial charge in [0.1, 0.15) is 18.3 Å². The highest BCUT2D eigenvalue weighted by Gasteiger charge is 2.35. The molecule has 0 aliphatic carbocycles. The molecule has 11 heteroatoms. The highest BCUT2D eigenvalue weighted by molar-refractivity contribution is 7.89. The highest BCUT2D eigenvalue weighted by atomic mass is 32.2. The molecule has 5 heterocycles. The second kappa shape index (κ2) is 8.73. The Morgan fingerprint density at radius 3 is 2.67 bits per heavy atom. The zero-order valence-electron chi connectivity index (χ0n) is 17.7. The first-order valence-electron chi connectivity index (χ1n) is 10.6. The molecule has 3 aromatic heterocycles. The van der Waals surface area contributed by atoms with Crippen molar-refractivity contribution in [2.45, 2.75) is 36.7 Å². The quantitative estimate of drug-likeness (QED) is 0.533. The maximum atomic E-state index is 13.3. The number of nitrogens with zero attached hydrogens (tertiary/aromatic N) is 4. The van der Waals surface area contributed by atoms with Crippen LogP contribution >= 0.6 is 11.3 Å². The Hall–Kier alpha value is -3.02. The molecule has 1 saturated heterocycles. The molecule has 0 N–H and O–H groups in total. The zero-order chi connectivity index (χ0) is 23.0. The molecule has 5 rings (SSSR count). The van der Waals surface area contributed by atoms with Crippen LogP contribution in [0.1, 0.15) is 35.9 Å². The van der Waals surface area contributed by atoms with Crippen molar-refractivity contribution < 1.29 is 17.6 Å². The molecular weight excluding hydrogens is 464 g/mol. The van der Waals surface area contributed by atoms with Crippen LogP contribution in [-0.4, -0.2) is 47.0 Å². The largest absolute Gasteiger partial charge is 0.467 e. The molecule has 1 unspecified atom stereocenters. The molecule has 2 aliphatic rings. The summed E-state index contributed by atoms with van der Waals surface area (Å²) >= 11 is 1.53. The first-order valence-corrected chi connectivity index (χ1v) is 12.9. The molecule has 1 atom stereocenters. The van der Waals surface area contributed by atoms with Gasteiger partial charge in [0.15, 0.2) is 0 Å². The number of hydrazone groups is 1. The Morgan fingerprint density at radius 1 is 1.15 bits per heavy atom. The van der Waals surface area contributed by atoms with Gasteiger partial charge >= 0.3 is 0 Å². The van der Waals surface area contributed by atoms with Crippen LogP contribution in [0.25, 0.3) is 0 Å². The fourth-order valence-corrected chi connectivity index (χ4v) is 6.37. The van der Waals surface area contributed by atoms with Crippen molar-refractivity contribution in [3.8, 4) is 0 Å². The number of hydrogen-bond donors (Lipinski definition) is 0. The lowest BCUT2D eigenvalue weighted by atomic mass is 10.1. The molecular formula is C22H22N4O5S2. The van der Waals surface area contributed by atoms with Gasteiger partial charge in [0.2, 0.25) is 10.0 Å². The summed E-state index contributed by atoms with van der Waals surface area (Å²) in [6.45, 7) is 0.582. The second-order valence-electron chi connectivity index (χ2n) is 7.94. The number of rotatable bonds is 6. The van der Waals surface area contributed by atoms with E-state index in [-0.39, 0.29) is 11.4 Å². The van der Waals surface area contributed by atoms with E-state index in [4.69, 9.17) is 4.42 Å². The van der Waals surface area contributed by atoms with Crippen LogP contribution in [-0.2, 0) is 21.4 Å². The molecule has 0 spiro atoms. The second-order valence-corrected chi connectivity index (χ2v) is 10.8. The molecule has 1 fully saturated rings. The molecule has 3 aromatic rings. The Balaban J connectivity index is 1.43. The zero-order valence-corrected chi connectivity index (χ0v) is 19.3. The number of hydrogen-bond acceptors (Lipinski definition) is 7. The first kappa shape index (κ1) is 21.8. The van der Waals surface area contributed by atoms with E-state index in [1.54, 1.807) is 12.1 Å². The van der Waals surface area contributed by atoms with Gasteiger partial charge in [-0.1, -0.05) is 6.07 Å². The molecule has 1 amide bonds. The van der Waals surface area contributed by atoms with Crippen molar-refractivity contribution in [1.29, 1.82) is 0 Å². The standard InChI is InChI=1S/C22H22N4O5S2/c27-21-8-7-16(33(29,30)25-9-1-2-10-25)14-24(21)15-22(28)26-18(19-5-3-11-31-19)13-17(23-26)20-6-4-12-32-20/h3-8,11-12,14,18H,1-2,9-10,13,15H2. The molecule has 33 heavy (non-hydrogen) atoms. The van der Waals surface area contributed by atoms with Crippen molar-refractivity contribution in [1.82, 2.24) is 13.9 Å². The van der Waals surface area contributed by atoms with Gasteiger partial charge in [0, 0.05) is 31.8 Å². The Morgan fingerprint density at radius 2 is 1.97 bits per heavy atom. The van der Waals surface area contributed by atoms with Crippen LogP contribution in [0, 0.1) is 0 Å². The van der Waals surface area contributed by atoms with Crippen molar-refractivity contribution in [2.75, 3.05) is 13.1 Å². The summed E-state index contributed by atoms with van der Waals surface area (Å²) < 4.78 is 33.9. The molecule has 2 aliphatic heterocycles. The number of carbonyl (C=O) groups excluding carboxylic acids is 1. The van der Waals surface area contributed by atoms with Crippen molar-refractivity contribution in [3.05, 3.63) is 75.2 Å². The normalized spacial score (nSPS) is 19.2. The lowest BCUT2D eigenvalue weighted by Gasteiger charge is -2.21. The number of furan rings is 1. The van der Waals surface area contributed by atoms with E-state index in [9.17, 15) is 18.0 Å². The van der Waals surface area contributed by atoms with Crippen LogP contribution in [0.2, 0.25) is 0 Å². The van der Waals surface area contributed by atoms with Gasteiger partial charge in [-0.05, 0) is 42.5 Å². The summed E-state index contributed by atoms with van der Waals surface area (Å²) in [5.41, 5.74) is 0.303. The first-order chi connectivity index (χ1) is 15.9. The van der Waals surface area contributed by atoms with Gasteiger partial charge in [-0.15, -0.1) is 11.3 Å². The summed E-state index contributed by atoms with van der Waals surface area (Å²) in [5.74, 6) is 0.164. The van der Waals surface area contributed by atoms with Gasteiger partial charge in [0.05, 0.1) is 21.7 Å². The van der Waals surface area contributed by atoms with Crippen LogP contribution in [0.3, 0.4) is 0 Å². The highest BCUT2D eigenvalue weighted by Crippen LogP contribution is 2.34. The Bertz CT molecular complexity index is 1340. The van der Waals surface area contributed by atoms with E-state index in [1.807, 2.05) is 17.5 Å². The molecule has 9 nitrogen and oxygen atoms in total. The monoisotopic (exact) mass is 486 g/mol. The summed E-state index contributed by atoms with van der Waals surface area (Å²) in [6.07, 6.45) is 4.89. The third kappa shape index (κ3) is 4.19. The predicted molar refractivity (Wildman–Crippen MR) is 122 cm³/mol. The molecule has 0 radical (unpaired) electrons. The third-order valence-electron chi connectivity index (χ3n) is 5.81. The summed E-state index contributed by atoms with van der Waals surface area (Å²) in [7, 11) is -3.71. The number of thiophene rings is 1. The summed E-state index contributed by atoms with van der Waals surface area (Å²) in [6, 6.07) is 9.44. The third-order valence-corrected chi connectivity index (χ3v) is 8.61. The summed E-state index contributed by atoms with van der Waals surface area (Å²) in [4.78, 5) is 26.7. The molecule has 0 aromatic carbocycles. The van der Waals surface area contributed by atoms with Gasteiger partial charge < -0.3 is 8.98 Å². The van der Waals surface area contributed by atoms with Gasteiger partial charge in [0.25, 0.3) is 11.5 Å². The van der Waals surface area contributed by atoms with Gasteiger partial charge in [-0.3, -0.25) is 9.59 Å². The van der Waals surface area contributed by atoms with E-state index >= 15 is 0 Å². The minimum Gasteiger partial charge on any atom is -0.467 e. The maximum absolute atomic E-state index is 13.3. The average molecular weight is 487 g/mol. The number of pyridine rings is 1. The van der Waals surface area contributed by atoms with Crippen molar-refractivity contribution >= 4 is 33.0 Å². The number of sulfonamides is 1. The predicted octanol–water partition coefficient (Wildman–Crippen LogP) is 2.67. The molecule has 0 bridgehead atoms. The summed E-state index contributed by atoms with van der Waals surface area (Å²) in [5, 5.41) is 7.81. The molecule has 0 saturated carbocycles. The van der Waals surface area contributed by atoms with E-state index in [0.717, 1.165) is 28.0 Å². The van der Waals surface area contributed by atoms with Crippen molar-refractivity contribution in [3.63, 3.8) is 0 Å². The van der Waals surface area contributed by atoms with E-state index < -0.39 is 27.5 Å². The minimum absolute atomic E-state index is 0.00332. The fourth-order valence-electron chi connectivity index (χ4n) is 4.12. The molecule has 172 valence electrons. The van der Waals surface area contributed by atoms with E-state index in [0.29, 0.717) is 25.3 Å². The van der Waals surface area contributed by atoms with Gasteiger partial charge in [-0.25, -0.2) is 13.4 Å². The number of amides is 1. The van der Waals surface area contributed by atoms with Crippen LogP contribution in [0.5, 0.6) is 0 Å². The Labute approximate surface area is 194 Å². The topological polar surface area (TPSA) is 105 Å².